The van der Waals surface area contributed by atoms with Crippen LogP contribution in [-0.2, 0) is 19.1 Å². The van der Waals surface area contributed by atoms with E-state index in [1.165, 1.54) is 4.90 Å². The van der Waals surface area contributed by atoms with E-state index < -0.39 is 27.4 Å². The smallest absolute Gasteiger partial charge is 0.311 e. The Kier molecular flexibility index (Phi) is 8.41. The Morgan fingerprint density at radius 3 is 2.62 bits per heavy atom. The fraction of sp³-hybridized carbons (Fsp3) is 0.536. The lowest BCUT2D eigenvalue weighted by molar-refractivity contribution is -0.155. The van der Waals surface area contributed by atoms with E-state index in [1.54, 1.807) is 47.0 Å². The number of hydrogen-bond donors (Lipinski definition) is 1. The largest absolute Gasteiger partial charge is 0.465 e. The monoisotopic (exact) mass is 546 g/mol. The summed E-state index contributed by atoms with van der Waals surface area (Å²) in [7, 11) is 0. The molecule has 1 N–H and O–H groups in total. The summed E-state index contributed by atoms with van der Waals surface area (Å²) in [6.45, 7) is 9.83. The average Bonchev–Trinajstić information content (AvgIpc) is 3.44. The zero-order valence-corrected chi connectivity index (χ0v) is 22.8. The first-order valence-electron chi connectivity index (χ1n) is 12.8. The van der Waals surface area contributed by atoms with Crippen molar-refractivity contribution in [3.63, 3.8) is 0 Å². The van der Waals surface area contributed by atoms with E-state index >= 15 is 0 Å². The van der Waals surface area contributed by atoms with E-state index in [0.717, 1.165) is 19.3 Å². The molecule has 4 rings (SSSR count). The maximum atomic E-state index is 14.3. The Bertz CT molecular complexity index is 1070. The van der Waals surface area contributed by atoms with Crippen LogP contribution in [0.1, 0.15) is 39.0 Å². The quantitative estimate of drug-likeness (QED) is 0.240. The molecule has 2 amide bonds. The first kappa shape index (κ1) is 27.7. The number of anilines is 1. The lowest BCUT2D eigenvalue weighted by atomic mass is 9.66. The van der Waals surface area contributed by atoms with Crippen LogP contribution in [0, 0.1) is 11.8 Å². The summed E-state index contributed by atoms with van der Waals surface area (Å²) in [4.78, 5) is 44.6. The number of rotatable bonds is 12. The van der Waals surface area contributed by atoms with Crippen LogP contribution in [0.4, 0.5) is 5.69 Å². The predicted molar refractivity (Wildman–Crippen MR) is 147 cm³/mol. The molecule has 2 unspecified atom stereocenters. The van der Waals surface area contributed by atoms with Crippen molar-refractivity contribution in [3.05, 3.63) is 54.6 Å². The lowest BCUT2D eigenvalue weighted by Gasteiger charge is -2.37. The number of carbonyl (C=O) groups is 3. The average molecular weight is 547 g/mol. The predicted octanol–water partition coefficient (Wildman–Crippen LogP) is 4.23. The molecular formula is C28H35ClN2O5S. The molecule has 37 heavy (non-hydrogen) atoms. The van der Waals surface area contributed by atoms with Gasteiger partial charge in [0.05, 0.1) is 29.8 Å². The molecule has 1 aromatic rings. The Morgan fingerprint density at radius 2 is 1.97 bits per heavy atom. The Labute approximate surface area is 227 Å². The summed E-state index contributed by atoms with van der Waals surface area (Å²) in [6.07, 6.45) is 7.28. The van der Waals surface area contributed by atoms with E-state index in [0.29, 0.717) is 30.2 Å². The van der Waals surface area contributed by atoms with Gasteiger partial charge in [-0.3, -0.25) is 14.4 Å². The van der Waals surface area contributed by atoms with Gasteiger partial charge >= 0.3 is 5.97 Å². The number of unbranched alkanes of at least 4 members (excludes halogenated alkanes) is 2. The molecule has 3 heterocycles. The maximum absolute atomic E-state index is 14.3. The van der Waals surface area contributed by atoms with E-state index in [2.05, 4.69) is 13.2 Å². The second-order valence-electron chi connectivity index (χ2n) is 10.1. The number of ether oxygens (including phenoxy) is 1. The van der Waals surface area contributed by atoms with Gasteiger partial charge in [0.1, 0.15) is 6.04 Å². The number of aliphatic hydroxyl groups is 1. The van der Waals surface area contributed by atoms with Crippen molar-refractivity contribution < 1.29 is 24.2 Å². The minimum Gasteiger partial charge on any atom is -0.465 e. The molecule has 3 aliphatic rings. The number of thioether (sulfide) groups is 1. The number of nitrogens with zero attached hydrogens (tertiary/aromatic N) is 2. The van der Waals surface area contributed by atoms with Gasteiger partial charge in [-0.25, -0.2) is 0 Å². The summed E-state index contributed by atoms with van der Waals surface area (Å²) in [5, 5.41) is 10.4. The van der Waals surface area contributed by atoms with Crippen LogP contribution in [0.3, 0.4) is 0 Å². The molecule has 9 heteroatoms. The van der Waals surface area contributed by atoms with Crippen molar-refractivity contribution in [1.29, 1.82) is 0 Å². The summed E-state index contributed by atoms with van der Waals surface area (Å²) >= 11 is 7.66. The molecule has 0 aliphatic carbocycles. The van der Waals surface area contributed by atoms with Crippen molar-refractivity contribution in [2.45, 2.75) is 54.6 Å². The molecule has 1 aromatic carbocycles. The van der Waals surface area contributed by atoms with Gasteiger partial charge in [-0.2, -0.15) is 0 Å². The second kappa shape index (κ2) is 11.2. The molecule has 0 saturated carbocycles. The molecule has 200 valence electrons. The molecule has 7 nitrogen and oxygen atoms in total. The Hall–Kier alpha value is -2.29. The number of esters is 1. The number of fused-ring (bicyclic) bond motifs is 1. The van der Waals surface area contributed by atoms with Crippen LogP contribution >= 0.6 is 23.4 Å². The SMILES string of the molecule is C=CCCCCOC(=O)[C@H]1[C@H]2C(=O)N(CCO)C(C(=O)N(CC=C)c3ccc(Cl)cc3)C23CC[C@]1(C)S3. The molecular weight excluding hydrogens is 512 g/mol. The highest BCUT2D eigenvalue weighted by molar-refractivity contribution is 8.02. The van der Waals surface area contributed by atoms with Crippen LogP contribution in [0.15, 0.2) is 49.6 Å². The van der Waals surface area contributed by atoms with Gasteiger partial charge in [0.25, 0.3) is 5.91 Å². The number of halogens is 1. The van der Waals surface area contributed by atoms with Gasteiger partial charge < -0.3 is 19.6 Å². The third-order valence-corrected chi connectivity index (χ3v) is 10.1. The minimum atomic E-state index is -0.815. The minimum absolute atomic E-state index is 0.0244. The fourth-order valence-electron chi connectivity index (χ4n) is 6.28. The molecule has 0 radical (unpaired) electrons. The van der Waals surface area contributed by atoms with Crippen LogP contribution in [-0.4, -0.2) is 69.6 Å². The van der Waals surface area contributed by atoms with E-state index in [9.17, 15) is 19.5 Å². The van der Waals surface area contributed by atoms with Crippen LogP contribution in [0.2, 0.25) is 5.02 Å². The number of amides is 2. The first-order chi connectivity index (χ1) is 17.7. The standard InChI is InChI=1S/C28H35ClN2O5S/c1-4-6-7-8-18-36-26(35)22-21-24(33)31(16-17-32)23(28(21)14-13-27(22,3)37-28)25(34)30(15-5-2)20-11-9-19(29)10-12-20/h4-5,9-12,21-23,32H,1-2,6-8,13-18H2,3H3/t21-,22+,23?,27-,28?/m0/s1. The molecule has 3 fully saturated rings. The van der Waals surface area contributed by atoms with Crippen molar-refractivity contribution in [2.24, 2.45) is 11.8 Å². The maximum Gasteiger partial charge on any atom is 0.311 e. The molecule has 2 bridgehead atoms. The van der Waals surface area contributed by atoms with Crippen LogP contribution < -0.4 is 4.90 Å². The topological polar surface area (TPSA) is 87.1 Å². The van der Waals surface area contributed by atoms with Gasteiger partial charge in [0.2, 0.25) is 5.91 Å². The highest BCUT2D eigenvalue weighted by Gasteiger charge is 2.77. The molecule has 5 atom stereocenters. The van der Waals surface area contributed by atoms with Gasteiger partial charge in [0.15, 0.2) is 0 Å². The summed E-state index contributed by atoms with van der Waals surface area (Å²) in [5.74, 6) is -2.19. The number of hydrogen-bond acceptors (Lipinski definition) is 6. The van der Waals surface area contributed by atoms with E-state index in [4.69, 9.17) is 16.3 Å². The molecule has 3 saturated heterocycles. The highest BCUT2D eigenvalue weighted by Crippen LogP contribution is 2.71. The third-order valence-electron chi connectivity index (χ3n) is 7.87. The van der Waals surface area contributed by atoms with Crippen molar-refractivity contribution in [3.8, 4) is 0 Å². The lowest BCUT2D eigenvalue weighted by Crippen LogP contribution is -2.55. The van der Waals surface area contributed by atoms with E-state index in [-0.39, 0.29) is 37.5 Å². The van der Waals surface area contributed by atoms with Gasteiger partial charge in [-0.15, -0.1) is 24.9 Å². The zero-order valence-electron chi connectivity index (χ0n) is 21.2. The summed E-state index contributed by atoms with van der Waals surface area (Å²) in [5.41, 5.74) is 0.643. The zero-order chi connectivity index (χ0) is 26.8. The van der Waals surface area contributed by atoms with Crippen LogP contribution in [0.25, 0.3) is 0 Å². The number of β-amino-alcohol motifs (C(OH)–C–C–N with tert-alkyl or cyclic N) is 1. The van der Waals surface area contributed by atoms with Crippen molar-refractivity contribution in [2.75, 3.05) is 31.2 Å². The highest BCUT2D eigenvalue weighted by atomic mass is 35.5. The van der Waals surface area contributed by atoms with Crippen LogP contribution in [0.5, 0.6) is 0 Å². The molecule has 1 spiro atoms. The van der Waals surface area contributed by atoms with Gasteiger partial charge in [-0.1, -0.05) is 23.8 Å². The first-order valence-corrected chi connectivity index (χ1v) is 14.0. The number of carbonyl (C=O) groups excluding carboxylic acids is 3. The van der Waals surface area contributed by atoms with Crippen molar-refractivity contribution in [1.82, 2.24) is 4.90 Å². The Morgan fingerprint density at radius 1 is 1.24 bits per heavy atom. The summed E-state index contributed by atoms with van der Waals surface area (Å²) < 4.78 is 4.41. The van der Waals surface area contributed by atoms with Gasteiger partial charge in [-0.05, 0) is 63.3 Å². The third kappa shape index (κ3) is 4.84. The van der Waals surface area contributed by atoms with Crippen molar-refractivity contribution >= 4 is 46.8 Å². The van der Waals surface area contributed by atoms with Gasteiger partial charge in [0, 0.05) is 28.5 Å². The Balaban J connectivity index is 1.67. The molecule has 3 aliphatic heterocycles. The number of aliphatic hydroxyl groups excluding tert-OH is 1. The number of benzene rings is 1. The normalized spacial score (nSPS) is 29.8. The molecule has 0 aromatic heterocycles. The fourth-order valence-corrected chi connectivity index (χ4v) is 8.75. The second-order valence-corrected chi connectivity index (χ2v) is 12.5. The number of allylic oxidation sites excluding steroid dienone is 1. The summed E-state index contributed by atoms with van der Waals surface area (Å²) in [6, 6.07) is 6.14. The van der Waals surface area contributed by atoms with E-state index in [1.807, 2.05) is 13.0 Å². The number of likely N-dealkylation sites (tertiary alicyclic amines) is 1.